The third kappa shape index (κ3) is 4.34. The maximum absolute atomic E-state index is 13.7. The smallest absolute Gasteiger partial charge is 0.365 e. The molecule has 1 N–H and O–H groups in total. The van der Waals surface area contributed by atoms with Crippen molar-refractivity contribution in [3.05, 3.63) is 71.2 Å². The van der Waals surface area contributed by atoms with Gasteiger partial charge in [-0.2, -0.15) is 18.3 Å². The summed E-state index contributed by atoms with van der Waals surface area (Å²) in [6.07, 6.45) is 0.0672. The standard InChI is InChI=1S/C26H22F3N7O3/c1-15-3-2-4-20-24(15)36(22-6-5-16(9-31-22)17-10-30-12-19-18(17)11-32-33-19)25(38)35(20)14-23(37)34-7-8-39-21(13-34)26(27,28)29/h2-6,9-12,21H,7-8,13-14H2,1H3,(H,32,33). The molecule has 1 aliphatic heterocycles. The van der Waals surface area contributed by atoms with Gasteiger partial charge in [0.1, 0.15) is 12.4 Å². The van der Waals surface area contributed by atoms with Crippen molar-refractivity contribution in [2.24, 2.45) is 0 Å². The van der Waals surface area contributed by atoms with Crippen molar-refractivity contribution in [3.8, 4) is 16.9 Å². The number of fused-ring (bicyclic) bond motifs is 2. The first kappa shape index (κ1) is 24.8. The Morgan fingerprint density at radius 2 is 2.00 bits per heavy atom. The Hall–Kier alpha value is -4.52. The van der Waals surface area contributed by atoms with Crippen LogP contribution < -0.4 is 5.69 Å². The second-order valence-electron chi connectivity index (χ2n) is 9.31. The second-order valence-corrected chi connectivity index (χ2v) is 9.31. The van der Waals surface area contributed by atoms with Gasteiger partial charge in [-0.3, -0.25) is 19.4 Å². The largest absolute Gasteiger partial charge is 0.416 e. The fraction of sp³-hybridized carbons (Fsp3) is 0.269. The van der Waals surface area contributed by atoms with E-state index in [0.717, 1.165) is 32.5 Å². The number of aromatic amines is 1. The average molecular weight is 538 g/mol. The van der Waals surface area contributed by atoms with E-state index in [4.69, 9.17) is 4.74 Å². The van der Waals surface area contributed by atoms with Crippen LogP contribution in [0, 0.1) is 6.92 Å². The first-order chi connectivity index (χ1) is 18.7. The molecule has 4 aromatic heterocycles. The van der Waals surface area contributed by atoms with Gasteiger partial charge in [-0.1, -0.05) is 12.1 Å². The number of imidazole rings is 1. The van der Waals surface area contributed by atoms with Crippen molar-refractivity contribution in [1.29, 1.82) is 0 Å². The lowest BCUT2D eigenvalue weighted by Gasteiger charge is -2.33. The normalized spacial score (nSPS) is 16.3. The number of hydrogen-bond acceptors (Lipinski definition) is 6. The van der Waals surface area contributed by atoms with Gasteiger partial charge in [0, 0.05) is 35.5 Å². The molecule has 1 fully saturated rings. The van der Waals surface area contributed by atoms with Crippen molar-refractivity contribution >= 4 is 27.8 Å². The molecular formula is C26H22F3N7O3. The Morgan fingerprint density at radius 1 is 1.15 bits per heavy atom. The SMILES string of the molecule is Cc1cccc2c1n(-c1ccc(-c3cncc4[nH]ncc34)cn1)c(=O)n2CC(=O)N1CCOC(C(F)(F)F)C1. The van der Waals surface area contributed by atoms with Crippen LogP contribution in [0.3, 0.4) is 0 Å². The third-order valence-corrected chi connectivity index (χ3v) is 6.88. The minimum absolute atomic E-state index is 0.0130. The quantitative estimate of drug-likeness (QED) is 0.377. The number of morpholine rings is 1. The van der Waals surface area contributed by atoms with E-state index in [1.54, 1.807) is 43.0 Å². The molecular weight excluding hydrogens is 515 g/mol. The highest BCUT2D eigenvalue weighted by Crippen LogP contribution is 2.28. The Balaban J connectivity index is 1.37. The highest BCUT2D eigenvalue weighted by molar-refractivity contribution is 5.93. The van der Waals surface area contributed by atoms with Gasteiger partial charge in [-0.15, -0.1) is 0 Å². The molecule has 39 heavy (non-hydrogen) atoms. The fourth-order valence-electron chi connectivity index (χ4n) is 4.92. The van der Waals surface area contributed by atoms with Crippen molar-refractivity contribution in [2.75, 3.05) is 19.7 Å². The summed E-state index contributed by atoms with van der Waals surface area (Å²) in [5, 5.41) is 7.81. The molecule has 5 aromatic rings. The fourth-order valence-corrected chi connectivity index (χ4v) is 4.92. The number of nitrogens with one attached hydrogen (secondary N) is 1. The molecule has 1 atom stereocenters. The topological polar surface area (TPSA) is 111 Å². The van der Waals surface area contributed by atoms with Gasteiger partial charge < -0.3 is 9.64 Å². The highest BCUT2D eigenvalue weighted by atomic mass is 19.4. The molecule has 0 spiro atoms. The monoisotopic (exact) mass is 537 g/mol. The number of carbonyl (C=O) groups is 1. The van der Waals surface area contributed by atoms with Crippen LogP contribution in [0.1, 0.15) is 5.56 Å². The zero-order chi connectivity index (χ0) is 27.3. The Bertz CT molecular complexity index is 1760. The van der Waals surface area contributed by atoms with Gasteiger partial charge in [-0.25, -0.2) is 14.3 Å². The lowest BCUT2D eigenvalue weighted by Crippen LogP contribution is -2.52. The first-order valence-electron chi connectivity index (χ1n) is 12.1. The van der Waals surface area contributed by atoms with Crippen molar-refractivity contribution < 1.29 is 22.7 Å². The summed E-state index contributed by atoms with van der Waals surface area (Å²) in [5.74, 6) is -0.260. The van der Waals surface area contributed by atoms with E-state index >= 15 is 0 Å². The lowest BCUT2D eigenvalue weighted by atomic mass is 10.1. The maximum Gasteiger partial charge on any atom is 0.416 e. The Labute approximate surface area is 218 Å². The van der Waals surface area contributed by atoms with Crippen LogP contribution in [0.15, 0.2) is 59.9 Å². The van der Waals surface area contributed by atoms with Crippen molar-refractivity contribution in [3.63, 3.8) is 0 Å². The Morgan fingerprint density at radius 3 is 2.77 bits per heavy atom. The highest BCUT2D eigenvalue weighted by Gasteiger charge is 2.44. The summed E-state index contributed by atoms with van der Waals surface area (Å²) in [5.41, 5.74) is 3.66. The molecule has 13 heteroatoms. The molecule has 0 radical (unpaired) electrons. The van der Waals surface area contributed by atoms with E-state index in [1.807, 2.05) is 19.1 Å². The molecule has 1 amide bonds. The number of rotatable bonds is 4. The van der Waals surface area contributed by atoms with E-state index < -0.39 is 37.0 Å². The minimum Gasteiger partial charge on any atom is -0.365 e. The van der Waals surface area contributed by atoms with Crippen LogP contribution in [0.5, 0.6) is 0 Å². The number of amides is 1. The molecule has 1 aliphatic rings. The van der Waals surface area contributed by atoms with E-state index in [2.05, 4.69) is 20.2 Å². The van der Waals surface area contributed by atoms with E-state index in [9.17, 15) is 22.8 Å². The molecule has 5 heterocycles. The van der Waals surface area contributed by atoms with Gasteiger partial charge in [-0.05, 0) is 30.7 Å². The van der Waals surface area contributed by atoms with Crippen LogP contribution in [0.2, 0.25) is 0 Å². The van der Waals surface area contributed by atoms with Crippen LogP contribution in [0.4, 0.5) is 13.2 Å². The number of alkyl halides is 3. The van der Waals surface area contributed by atoms with Gasteiger partial charge in [0.05, 0.1) is 42.1 Å². The molecule has 0 saturated carbocycles. The maximum atomic E-state index is 13.7. The summed E-state index contributed by atoms with van der Waals surface area (Å²) in [6.45, 7) is 0.585. The summed E-state index contributed by atoms with van der Waals surface area (Å²) < 4.78 is 47.0. The van der Waals surface area contributed by atoms with Gasteiger partial charge in [0.2, 0.25) is 5.91 Å². The van der Waals surface area contributed by atoms with E-state index in [-0.39, 0.29) is 13.2 Å². The molecule has 1 saturated heterocycles. The number of carbonyl (C=O) groups excluding carboxylic acids is 1. The van der Waals surface area contributed by atoms with Crippen molar-refractivity contribution in [2.45, 2.75) is 25.7 Å². The third-order valence-electron chi connectivity index (χ3n) is 6.88. The van der Waals surface area contributed by atoms with Gasteiger partial charge >= 0.3 is 11.9 Å². The molecule has 10 nitrogen and oxygen atoms in total. The number of para-hydroxylation sites is 1. The number of hydrogen-bond donors (Lipinski definition) is 1. The number of pyridine rings is 2. The molecule has 0 aliphatic carbocycles. The van der Waals surface area contributed by atoms with Crippen LogP contribution in [-0.2, 0) is 16.1 Å². The summed E-state index contributed by atoms with van der Waals surface area (Å²) in [7, 11) is 0. The van der Waals surface area contributed by atoms with Crippen LogP contribution >= 0.6 is 0 Å². The number of H-pyrrole nitrogens is 1. The molecule has 200 valence electrons. The second kappa shape index (κ2) is 9.34. The number of benzene rings is 1. The first-order valence-corrected chi connectivity index (χ1v) is 12.1. The van der Waals surface area contributed by atoms with Gasteiger partial charge in [0.15, 0.2) is 6.10 Å². The molecule has 1 aromatic carbocycles. The Kier molecular flexibility index (Phi) is 5.94. The van der Waals surface area contributed by atoms with Crippen LogP contribution in [-0.4, -0.2) is 72.1 Å². The number of nitrogens with zero attached hydrogens (tertiary/aromatic N) is 6. The predicted octanol–water partition coefficient (Wildman–Crippen LogP) is 3.22. The minimum atomic E-state index is -4.58. The number of aromatic nitrogens is 6. The van der Waals surface area contributed by atoms with Crippen LogP contribution in [0.25, 0.3) is 38.9 Å². The average Bonchev–Trinajstić information content (AvgIpc) is 3.52. The zero-order valence-corrected chi connectivity index (χ0v) is 20.6. The predicted molar refractivity (Wildman–Crippen MR) is 135 cm³/mol. The number of halogens is 3. The molecule has 6 rings (SSSR count). The van der Waals surface area contributed by atoms with E-state index in [1.165, 1.54) is 9.13 Å². The number of aryl methyl sites for hydroxylation is 1. The number of ether oxygens (including phenoxy) is 1. The summed E-state index contributed by atoms with van der Waals surface area (Å²) in [6, 6.07) is 8.80. The summed E-state index contributed by atoms with van der Waals surface area (Å²) >= 11 is 0. The molecule has 1 unspecified atom stereocenters. The van der Waals surface area contributed by atoms with E-state index in [0.29, 0.717) is 16.9 Å². The lowest BCUT2D eigenvalue weighted by molar-refractivity contribution is -0.236. The summed E-state index contributed by atoms with van der Waals surface area (Å²) in [4.78, 5) is 36.6. The molecule has 0 bridgehead atoms. The van der Waals surface area contributed by atoms with Gasteiger partial charge in [0.25, 0.3) is 0 Å². The van der Waals surface area contributed by atoms with Crippen molar-refractivity contribution in [1.82, 2.24) is 34.2 Å². The zero-order valence-electron chi connectivity index (χ0n) is 20.6.